The van der Waals surface area contributed by atoms with Gasteiger partial charge in [-0.25, -0.2) is 0 Å². The highest BCUT2D eigenvalue weighted by Crippen LogP contribution is 2.58. The number of carbonyl (C=O) groups is 3. The minimum atomic E-state index is -0.965. The zero-order chi connectivity index (χ0) is 24.1. The molecule has 4 heterocycles. The molecule has 0 aromatic rings. The number of unbranched alkanes of at least 4 members (excludes halogenated alkanes) is 3. The highest BCUT2D eigenvalue weighted by molar-refractivity contribution is 5.98. The first-order valence-electron chi connectivity index (χ1n) is 12.9. The predicted octanol–water partition coefficient (Wildman–Crippen LogP) is -0.0748. The number of amides is 2. The molecule has 0 aliphatic carbocycles. The molecule has 5 atom stereocenters. The van der Waals surface area contributed by atoms with Crippen LogP contribution in [-0.4, -0.2) is 110 Å². The fraction of sp³-hybridized carbons (Fsp3) is 0.875. The van der Waals surface area contributed by atoms with E-state index in [9.17, 15) is 14.4 Å². The van der Waals surface area contributed by atoms with Crippen LogP contribution < -0.4 is 5.32 Å². The summed E-state index contributed by atoms with van der Waals surface area (Å²) in [5.41, 5.74) is -0.965. The molecule has 4 fully saturated rings. The Hall–Kier alpha value is -1.75. The summed E-state index contributed by atoms with van der Waals surface area (Å²) in [5, 5.41) is 12.1. The molecule has 2 bridgehead atoms. The molecule has 2 amide bonds. The highest BCUT2D eigenvalue weighted by atomic mass is 16.6. The topological polar surface area (TPSA) is 118 Å². The lowest BCUT2D eigenvalue weighted by Gasteiger charge is -2.34. The molecular formula is C24H39N3O7. The number of carbonyl (C=O) groups excluding carboxylic acids is 3. The third-order valence-electron chi connectivity index (χ3n) is 7.75. The summed E-state index contributed by atoms with van der Waals surface area (Å²) in [6, 6.07) is -0.739. The van der Waals surface area contributed by atoms with Crippen molar-refractivity contribution in [3.63, 3.8) is 0 Å². The molecule has 4 aliphatic rings. The van der Waals surface area contributed by atoms with Crippen molar-refractivity contribution in [1.82, 2.24) is 15.1 Å². The van der Waals surface area contributed by atoms with Gasteiger partial charge in [-0.1, -0.05) is 12.8 Å². The van der Waals surface area contributed by atoms with Crippen molar-refractivity contribution in [1.29, 1.82) is 0 Å². The summed E-state index contributed by atoms with van der Waals surface area (Å²) in [6.07, 6.45) is 4.05. The average molecular weight is 482 g/mol. The zero-order valence-corrected chi connectivity index (χ0v) is 20.2. The summed E-state index contributed by atoms with van der Waals surface area (Å²) < 4.78 is 17.0. The number of aliphatic hydroxyl groups is 1. The number of morpholine rings is 1. The van der Waals surface area contributed by atoms with Gasteiger partial charge in [0.15, 0.2) is 0 Å². The molecular weight excluding hydrogens is 442 g/mol. The lowest BCUT2D eigenvalue weighted by atomic mass is 9.71. The molecule has 192 valence electrons. The molecule has 0 aromatic heterocycles. The van der Waals surface area contributed by atoms with E-state index in [4.69, 9.17) is 19.3 Å². The summed E-state index contributed by atoms with van der Waals surface area (Å²) in [4.78, 5) is 43.8. The van der Waals surface area contributed by atoms with Crippen LogP contribution in [0.25, 0.3) is 0 Å². The maximum absolute atomic E-state index is 13.6. The van der Waals surface area contributed by atoms with Crippen LogP contribution in [0.4, 0.5) is 0 Å². The normalized spacial score (nSPS) is 32.8. The predicted molar refractivity (Wildman–Crippen MR) is 122 cm³/mol. The van der Waals surface area contributed by atoms with Crippen LogP contribution in [0.3, 0.4) is 0 Å². The number of esters is 1. The molecule has 10 heteroatoms. The van der Waals surface area contributed by atoms with Crippen LogP contribution in [0, 0.1) is 11.8 Å². The summed E-state index contributed by atoms with van der Waals surface area (Å²) in [5.74, 6) is -2.09. The number of hydrogen-bond acceptors (Lipinski definition) is 8. The molecule has 0 radical (unpaired) electrons. The average Bonchev–Trinajstić information content (AvgIpc) is 3.47. The van der Waals surface area contributed by atoms with Gasteiger partial charge in [0.2, 0.25) is 11.8 Å². The van der Waals surface area contributed by atoms with Crippen LogP contribution in [0.1, 0.15) is 45.4 Å². The number of fused-ring (bicyclic) bond motifs is 1. The number of ether oxygens (including phenoxy) is 3. The Balaban J connectivity index is 1.48. The van der Waals surface area contributed by atoms with Crippen molar-refractivity contribution in [2.45, 2.75) is 63.2 Å². The lowest BCUT2D eigenvalue weighted by Crippen LogP contribution is -2.56. The number of nitrogens with zero attached hydrogens (tertiary/aromatic N) is 2. The highest BCUT2D eigenvalue weighted by Gasteiger charge is 2.74. The quantitative estimate of drug-likeness (QED) is 0.294. The largest absolute Gasteiger partial charge is 0.466 e. The van der Waals surface area contributed by atoms with E-state index in [2.05, 4.69) is 10.2 Å². The molecule has 4 aliphatic heterocycles. The van der Waals surface area contributed by atoms with Crippen LogP contribution >= 0.6 is 0 Å². The van der Waals surface area contributed by atoms with Gasteiger partial charge in [-0.05, 0) is 32.6 Å². The van der Waals surface area contributed by atoms with Gasteiger partial charge >= 0.3 is 5.97 Å². The van der Waals surface area contributed by atoms with Crippen LogP contribution in [0.5, 0.6) is 0 Å². The monoisotopic (exact) mass is 481 g/mol. The first kappa shape index (κ1) is 25.3. The molecule has 0 saturated carbocycles. The Kier molecular flexibility index (Phi) is 8.44. The van der Waals surface area contributed by atoms with E-state index >= 15 is 0 Å². The molecule has 1 spiro atoms. The van der Waals surface area contributed by atoms with Crippen LogP contribution in [-0.2, 0) is 28.6 Å². The molecule has 4 saturated heterocycles. The van der Waals surface area contributed by atoms with Crippen molar-refractivity contribution in [3.05, 3.63) is 0 Å². The minimum absolute atomic E-state index is 0.151. The van der Waals surface area contributed by atoms with Crippen LogP contribution in [0.15, 0.2) is 0 Å². The maximum Gasteiger partial charge on any atom is 0.312 e. The van der Waals surface area contributed by atoms with Crippen molar-refractivity contribution in [3.8, 4) is 0 Å². The number of nitrogens with one attached hydrogen (secondary N) is 1. The molecule has 2 N–H and O–H groups in total. The van der Waals surface area contributed by atoms with E-state index in [-0.39, 0.29) is 31.1 Å². The smallest absolute Gasteiger partial charge is 0.312 e. The van der Waals surface area contributed by atoms with E-state index < -0.39 is 29.4 Å². The fourth-order valence-corrected chi connectivity index (χ4v) is 6.21. The van der Waals surface area contributed by atoms with Gasteiger partial charge in [0.25, 0.3) is 0 Å². The Bertz CT molecular complexity index is 744. The Morgan fingerprint density at radius 2 is 1.94 bits per heavy atom. The first-order chi connectivity index (χ1) is 16.5. The van der Waals surface area contributed by atoms with Crippen LogP contribution in [0.2, 0.25) is 0 Å². The SMILES string of the molecule is CCOC(=O)[C@@H]1[C@@H]2CC[C@]3(O2)[C@H](C(=O)NCCN2CCOCC2)N(CCCCCCO)C(=O)[C@@H]13. The standard InChI is InChI=1S/C24H39N3O7/c1-2-33-23(31)18-17-7-8-24(34-17)19(18)22(30)27(10-5-3-4-6-14-28)20(24)21(29)25-9-11-26-12-15-32-16-13-26/h17-20,28H,2-16H2,1H3,(H,25,29)/t17-,18+,19+,20-,24+/m0/s1. The van der Waals surface area contributed by atoms with E-state index in [1.165, 1.54) is 0 Å². The number of likely N-dealkylation sites (tertiary alicyclic amines) is 1. The zero-order valence-electron chi connectivity index (χ0n) is 20.2. The van der Waals surface area contributed by atoms with E-state index in [1.807, 2.05) is 0 Å². The fourth-order valence-electron chi connectivity index (χ4n) is 6.21. The van der Waals surface area contributed by atoms with Crippen molar-refractivity contribution < 1.29 is 33.7 Å². The van der Waals surface area contributed by atoms with Gasteiger partial charge in [0.05, 0.1) is 37.8 Å². The molecule has 4 rings (SSSR count). The van der Waals surface area contributed by atoms with Gasteiger partial charge in [-0.15, -0.1) is 0 Å². The first-order valence-corrected chi connectivity index (χ1v) is 12.9. The lowest BCUT2D eigenvalue weighted by molar-refractivity contribution is -0.154. The van der Waals surface area contributed by atoms with Gasteiger partial charge < -0.3 is 29.5 Å². The Morgan fingerprint density at radius 1 is 1.18 bits per heavy atom. The summed E-state index contributed by atoms with van der Waals surface area (Å²) in [7, 11) is 0. The second kappa shape index (κ2) is 11.3. The maximum atomic E-state index is 13.6. The molecule has 0 unspecified atom stereocenters. The summed E-state index contributed by atoms with van der Waals surface area (Å²) in [6.45, 7) is 6.88. The summed E-state index contributed by atoms with van der Waals surface area (Å²) >= 11 is 0. The number of hydrogen-bond donors (Lipinski definition) is 2. The Morgan fingerprint density at radius 3 is 2.68 bits per heavy atom. The van der Waals surface area contributed by atoms with E-state index in [0.29, 0.717) is 39.1 Å². The van der Waals surface area contributed by atoms with Gasteiger partial charge in [-0.3, -0.25) is 19.3 Å². The van der Waals surface area contributed by atoms with Crippen molar-refractivity contribution >= 4 is 17.8 Å². The second-order valence-electron chi connectivity index (χ2n) is 9.72. The van der Waals surface area contributed by atoms with E-state index in [0.717, 1.165) is 45.3 Å². The third-order valence-corrected chi connectivity index (χ3v) is 7.75. The minimum Gasteiger partial charge on any atom is -0.466 e. The molecule has 10 nitrogen and oxygen atoms in total. The van der Waals surface area contributed by atoms with Crippen molar-refractivity contribution in [2.75, 3.05) is 59.2 Å². The molecule has 0 aromatic carbocycles. The molecule has 34 heavy (non-hydrogen) atoms. The Labute approximate surface area is 201 Å². The second-order valence-corrected chi connectivity index (χ2v) is 9.72. The van der Waals surface area contributed by atoms with Gasteiger partial charge in [0, 0.05) is 39.3 Å². The van der Waals surface area contributed by atoms with E-state index in [1.54, 1.807) is 11.8 Å². The number of rotatable bonds is 12. The third kappa shape index (κ3) is 4.82. The van der Waals surface area contributed by atoms with Crippen molar-refractivity contribution in [2.24, 2.45) is 11.8 Å². The van der Waals surface area contributed by atoms with Gasteiger partial charge in [-0.2, -0.15) is 0 Å². The van der Waals surface area contributed by atoms with Gasteiger partial charge in [0.1, 0.15) is 11.6 Å². The number of aliphatic hydroxyl groups excluding tert-OH is 1.